The molecule has 0 unspecified atom stereocenters. The average molecular weight is 258 g/mol. The maximum atomic E-state index is 6.02. The van der Waals surface area contributed by atoms with Crippen molar-refractivity contribution >= 4 is 12.6 Å². The van der Waals surface area contributed by atoms with Crippen LogP contribution >= 0.6 is 0 Å². The molecule has 0 N–H and O–H groups in total. The second-order valence-corrected chi connectivity index (χ2v) is 6.16. The summed E-state index contributed by atoms with van der Waals surface area (Å²) in [4.78, 5) is 0. The molecule has 0 atom stereocenters. The van der Waals surface area contributed by atoms with Crippen LogP contribution in [-0.2, 0) is 15.7 Å². The van der Waals surface area contributed by atoms with E-state index < -0.39 is 0 Å². The van der Waals surface area contributed by atoms with Crippen molar-refractivity contribution in [3.8, 4) is 0 Å². The monoisotopic (exact) mass is 258 g/mol. The van der Waals surface area contributed by atoms with Crippen LogP contribution in [0.5, 0.6) is 0 Å². The number of aryl methyl sites for hydroxylation is 1. The summed E-state index contributed by atoms with van der Waals surface area (Å²) < 4.78 is 12.0. The van der Waals surface area contributed by atoms with Gasteiger partial charge in [0.2, 0.25) is 0 Å². The molecule has 2 nitrogen and oxygen atoms in total. The average Bonchev–Trinajstić information content (AvgIpc) is 2.58. The normalized spacial score (nSPS) is 20.6. The first-order chi connectivity index (χ1) is 8.77. The molecule has 0 spiro atoms. The fourth-order valence-corrected chi connectivity index (χ4v) is 2.08. The van der Waals surface area contributed by atoms with Crippen LogP contribution in [-0.4, -0.2) is 18.3 Å². The summed E-state index contributed by atoms with van der Waals surface area (Å²) in [7, 11) is -0.363. The van der Waals surface area contributed by atoms with Gasteiger partial charge in [-0.25, -0.2) is 0 Å². The molecule has 1 aromatic rings. The van der Waals surface area contributed by atoms with E-state index in [1.165, 1.54) is 5.56 Å². The first kappa shape index (κ1) is 14.4. The summed E-state index contributed by atoms with van der Waals surface area (Å²) in [5, 5.41) is 0. The Morgan fingerprint density at radius 1 is 1.05 bits per heavy atom. The number of hydrogen-bond donors (Lipinski definition) is 0. The number of hydrogen-bond acceptors (Lipinski definition) is 2. The SMILES string of the molecule is C=C(B1OC(C)(C)C(C)(C)O1)c1ccc(CC)cc1. The second kappa shape index (κ2) is 4.80. The highest BCUT2D eigenvalue weighted by molar-refractivity contribution is 6.68. The molecule has 1 aliphatic rings. The van der Waals surface area contributed by atoms with Gasteiger partial charge in [0, 0.05) is 0 Å². The molecule has 1 saturated heterocycles. The van der Waals surface area contributed by atoms with Crippen molar-refractivity contribution in [1.29, 1.82) is 0 Å². The molecule has 1 heterocycles. The van der Waals surface area contributed by atoms with E-state index >= 15 is 0 Å². The smallest absolute Gasteiger partial charge is 0.399 e. The molecule has 0 amide bonds. The predicted molar refractivity (Wildman–Crippen MR) is 80.9 cm³/mol. The topological polar surface area (TPSA) is 18.5 Å². The van der Waals surface area contributed by atoms with Crippen molar-refractivity contribution in [2.24, 2.45) is 0 Å². The molecule has 1 aromatic carbocycles. The van der Waals surface area contributed by atoms with Gasteiger partial charge in [0.1, 0.15) is 0 Å². The third kappa shape index (κ3) is 2.63. The Hall–Kier alpha value is -1.06. The van der Waals surface area contributed by atoms with Crippen LogP contribution in [0.1, 0.15) is 45.7 Å². The summed E-state index contributed by atoms with van der Waals surface area (Å²) in [6, 6.07) is 8.44. The predicted octanol–water partition coefficient (Wildman–Crippen LogP) is 3.89. The second-order valence-electron chi connectivity index (χ2n) is 6.16. The van der Waals surface area contributed by atoms with E-state index in [1.807, 2.05) is 0 Å². The standard InChI is InChI=1S/C16H23BO2/c1-7-13-8-10-14(11-9-13)12(2)17-18-15(3,4)16(5,6)19-17/h8-11H,2,7H2,1,3-6H3. The first-order valence-electron chi connectivity index (χ1n) is 6.90. The van der Waals surface area contributed by atoms with Gasteiger partial charge >= 0.3 is 7.12 Å². The van der Waals surface area contributed by atoms with E-state index in [9.17, 15) is 0 Å². The van der Waals surface area contributed by atoms with Gasteiger partial charge in [0.25, 0.3) is 0 Å². The highest BCUT2D eigenvalue weighted by Gasteiger charge is 2.52. The van der Waals surface area contributed by atoms with Crippen molar-refractivity contribution in [1.82, 2.24) is 0 Å². The summed E-state index contributed by atoms with van der Waals surface area (Å²) in [5.74, 6) is 0. The van der Waals surface area contributed by atoms with E-state index in [4.69, 9.17) is 9.31 Å². The lowest BCUT2D eigenvalue weighted by Crippen LogP contribution is -2.41. The molecule has 0 radical (unpaired) electrons. The minimum Gasteiger partial charge on any atom is -0.399 e. The van der Waals surface area contributed by atoms with Crippen LogP contribution in [0.15, 0.2) is 30.8 Å². The minimum absolute atomic E-state index is 0.316. The molecule has 0 saturated carbocycles. The van der Waals surface area contributed by atoms with Gasteiger partial charge in [-0.1, -0.05) is 37.8 Å². The minimum atomic E-state index is -0.363. The van der Waals surface area contributed by atoms with Crippen molar-refractivity contribution in [2.75, 3.05) is 0 Å². The van der Waals surface area contributed by atoms with Crippen molar-refractivity contribution in [3.63, 3.8) is 0 Å². The van der Waals surface area contributed by atoms with Gasteiger partial charge < -0.3 is 9.31 Å². The highest BCUT2D eigenvalue weighted by Crippen LogP contribution is 2.39. The van der Waals surface area contributed by atoms with E-state index in [0.29, 0.717) is 0 Å². The third-order valence-electron chi connectivity index (χ3n) is 4.27. The molecular weight excluding hydrogens is 235 g/mol. The highest BCUT2D eigenvalue weighted by atomic mass is 16.7. The van der Waals surface area contributed by atoms with E-state index in [1.54, 1.807) is 0 Å². The van der Waals surface area contributed by atoms with Crippen LogP contribution in [0.2, 0.25) is 0 Å². The maximum absolute atomic E-state index is 6.02. The Bertz CT molecular complexity index is 458. The molecule has 2 rings (SSSR count). The van der Waals surface area contributed by atoms with Crippen molar-refractivity contribution < 1.29 is 9.31 Å². The number of benzene rings is 1. The molecule has 0 aliphatic carbocycles. The largest absolute Gasteiger partial charge is 0.494 e. The molecule has 3 heteroatoms. The molecule has 1 fully saturated rings. The molecular formula is C16H23BO2. The summed E-state index contributed by atoms with van der Waals surface area (Å²) in [6.07, 6.45) is 1.04. The van der Waals surface area contributed by atoms with Crippen molar-refractivity contribution in [2.45, 2.75) is 52.2 Å². The molecule has 102 valence electrons. The van der Waals surface area contributed by atoms with E-state index in [0.717, 1.165) is 17.5 Å². The lowest BCUT2D eigenvalue weighted by Gasteiger charge is -2.32. The Labute approximate surface area is 117 Å². The fraction of sp³-hybridized carbons (Fsp3) is 0.500. The number of rotatable bonds is 3. The summed E-state index contributed by atoms with van der Waals surface area (Å²) in [5.41, 5.74) is 2.66. The molecule has 1 aliphatic heterocycles. The Kier molecular flexibility index (Phi) is 3.63. The van der Waals surface area contributed by atoms with Gasteiger partial charge in [-0.15, -0.1) is 0 Å². The summed E-state index contributed by atoms with van der Waals surface area (Å²) >= 11 is 0. The zero-order valence-corrected chi connectivity index (χ0v) is 12.6. The van der Waals surface area contributed by atoms with Crippen LogP contribution in [0.25, 0.3) is 5.47 Å². The van der Waals surface area contributed by atoms with Crippen LogP contribution in [0, 0.1) is 0 Å². The summed E-state index contributed by atoms with van der Waals surface area (Å²) in [6.45, 7) is 14.5. The lowest BCUT2D eigenvalue weighted by molar-refractivity contribution is 0.00578. The van der Waals surface area contributed by atoms with Gasteiger partial charge in [0.05, 0.1) is 11.2 Å². The van der Waals surface area contributed by atoms with Gasteiger partial charge in [-0.3, -0.25) is 0 Å². The zero-order valence-electron chi connectivity index (χ0n) is 12.6. The zero-order chi connectivity index (χ0) is 14.3. The Morgan fingerprint density at radius 3 is 1.95 bits per heavy atom. The van der Waals surface area contributed by atoms with Gasteiger partial charge in [-0.05, 0) is 50.7 Å². The van der Waals surface area contributed by atoms with Crippen LogP contribution < -0.4 is 0 Å². The van der Waals surface area contributed by atoms with E-state index in [-0.39, 0.29) is 18.3 Å². The van der Waals surface area contributed by atoms with E-state index in [2.05, 4.69) is 65.5 Å². The van der Waals surface area contributed by atoms with Gasteiger partial charge in [-0.2, -0.15) is 0 Å². The van der Waals surface area contributed by atoms with Crippen molar-refractivity contribution in [3.05, 3.63) is 42.0 Å². The first-order valence-corrected chi connectivity index (χ1v) is 6.90. The maximum Gasteiger partial charge on any atom is 0.494 e. The Balaban J connectivity index is 2.17. The fourth-order valence-electron chi connectivity index (χ4n) is 2.08. The van der Waals surface area contributed by atoms with Crippen LogP contribution in [0.3, 0.4) is 0 Å². The molecule has 0 bridgehead atoms. The third-order valence-corrected chi connectivity index (χ3v) is 4.27. The van der Waals surface area contributed by atoms with Crippen LogP contribution in [0.4, 0.5) is 0 Å². The quantitative estimate of drug-likeness (QED) is 0.765. The lowest BCUT2D eigenvalue weighted by atomic mass is 9.75. The molecule has 19 heavy (non-hydrogen) atoms. The van der Waals surface area contributed by atoms with Gasteiger partial charge in [0.15, 0.2) is 0 Å². The molecule has 0 aromatic heterocycles. The Morgan fingerprint density at radius 2 is 1.53 bits per heavy atom.